The first kappa shape index (κ1) is 38.1. The van der Waals surface area contributed by atoms with Gasteiger partial charge in [-0.2, -0.15) is 0 Å². The van der Waals surface area contributed by atoms with Gasteiger partial charge in [0.1, 0.15) is 30.8 Å². The largest absolute Gasteiger partial charge is 0.547 e. The van der Waals surface area contributed by atoms with Gasteiger partial charge in [-0.1, -0.05) is 4.99 Å². The van der Waals surface area contributed by atoms with E-state index < -0.39 is 84.8 Å². The summed E-state index contributed by atoms with van der Waals surface area (Å²) in [5, 5.41) is 94.5. The molecule has 3 heterocycles. The quantitative estimate of drug-likeness (QED) is 0.0700. The van der Waals surface area contributed by atoms with Crippen LogP contribution in [0.5, 0.6) is 0 Å². The van der Waals surface area contributed by atoms with E-state index >= 15 is 0 Å². The SMILES string of the molecule is COC1CCC(C2CC(O)C3C(CC(OC4OC(C(=O)[O-])C(O)(C[C+]5C=N[CH+][N-]5)C(O)C4O)C(OC4(O)CCCC(CCO)C4)C3O)[OH+]2)CC1. The van der Waals surface area contributed by atoms with Gasteiger partial charge in [0.2, 0.25) is 0 Å². The zero-order chi connectivity index (χ0) is 35.8. The van der Waals surface area contributed by atoms with Crippen molar-refractivity contribution in [3.05, 3.63) is 18.0 Å². The van der Waals surface area contributed by atoms with Gasteiger partial charge in [0, 0.05) is 45.3 Å². The van der Waals surface area contributed by atoms with Gasteiger partial charge in [0.15, 0.2) is 35.9 Å². The maximum atomic E-state index is 12.3. The molecule has 0 bridgehead atoms. The minimum absolute atomic E-state index is 0.0388. The van der Waals surface area contributed by atoms with E-state index in [0.29, 0.717) is 19.3 Å². The van der Waals surface area contributed by atoms with E-state index in [1.54, 1.807) is 7.11 Å². The van der Waals surface area contributed by atoms with Gasteiger partial charge >= 0.3 is 6.21 Å². The third-order valence-corrected chi connectivity index (χ3v) is 11.9. The number of aliphatic hydroxyl groups excluding tert-OH is 5. The van der Waals surface area contributed by atoms with Gasteiger partial charge in [0.25, 0.3) is 0 Å². The van der Waals surface area contributed by atoms with Crippen LogP contribution in [0.15, 0.2) is 4.99 Å². The van der Waals surface area contributed by atoms with Crippen molar-refractivity contribution < 1.29 is 69.3 Å². The molecule has 6 aliphatic rings. The lowest BCUT2D eigenvalue weighted by Gasteiger charge is -2.52. The number of hydrogen-bond donors (Lipinski definition) is 7. The molecule has 6 rings (SSSR count). The van der Waals surface area contributed by atoms with Crippen molar-refractivity contribution in [3.63, 3.8) is 0 Å². The molecule has 14 atom stereocenters. The fourth-order valence-corrected chi connectivity index (χ4v) is 9.28. The van der Waals surface area contributed by atoms with Gasteiger partial charge in [-0.15, -0.1) is 0 Å². The van der Waals surface area contributed by atoms with Crippen molar-refractivity contribution in [1.82, 2.24) is 0 Å². The highest BCUT2D eigenvalue weighted by atomic mass is 16.7. The first-order valence-electron chi connectivity index (χ1n) is 18.0. The molecule has 282 valence electrons. The molecule has 0 amide bonds. The Kier molecular flexibility index (Phi) is 12.0. The number of nitrogens with zero attached hydrogens (tertiary/aromatic N) is 2. The fourth-order valence-electron chi connectivity index (χ4n) is 9.28. The predicted octanol–water partition coefficient (Wildman–Crippen LogP) is -1.94. The molecule has 3 aliphatic carbocycles. The maximum absolute atomic E-state index is 12.3. The van der Waals surface area contributed by atoms with Crippen molar-refractivity contribution in [2.45, 2.75) is 156 Å². The third kappa shape index (κ3) is 7.83. The van der Waals surface area contributed by atoms with Gasteiger partial charge in [-0.05, 0) is 50.9 Å². The second-order valence-electron chi connectivity index (χ2n) is 15.2. The van der Waals surface area contributed by atoms with Gasteiger partial charge in [-0.3, -0.25) is 5.32 Å². The van der Waals surface area contributed by atoms with E-state index in [0.717, 1.165) is 32.1 Å². The topological polar surface area (TPSA) is 258 Å². The molecular formula is C34H53N2O14+. The summed E-state index contributed by atoms with van der Waals surface area (Å²) in [6.07, 6.45) is -6.62. The Morgan fingerprint density at radius 3 is 2.54 bits per heavy atom. The number of aliphatic carboxylic acids is 1. The number of carbonyl (C=O) groups excluding carboxylic acids is 1. The number of carbonyl (C=O) groups is 1. The van der Waals surface area contributed by atoms with E-state index in [-0.39, 0.29) is 56.0 Å². The van der Waals surface area contributed by atoms with Crippen LogP contribution in [-0.4, -0.2) is 145 Å². The Bertz CT molecular complexity index is 1170. The smallest absolute Gasteiger partial charge is 0.301 e. The lowest BCUT2D eigenvalue weighted by Crippen LogP contribution is -2.71. The number of fused-ring (bicyclic) bond motifs is 1. The van der Waals surface area contributed by atoms with Crippen molar-refractivity contribution in [3.8, 4) is 0 Å². The van der Waals surface area contributed by atoms with Gasteiger partial charge in [-0.25, -0.2) is 0 Å². The highest BCUT2D eigenvalue weighted by Crippen LogP contribution is 2.46. The Balaban J connectivity index is 1.24. The molecule has 0 radical (unpaired) electrons. The molecule has 0 aromatic heterocycles. The second kappa shape index (κ2) is 15.8. The first-order chi connectivity index (χ1) is 23.9. The third-order valence-electron chi connectivity index (χ3n) is 11.9. The maximum Gasteiger partial charge on any atom is 0.301 e. The molecule has 50 heavy (non-hydrogen) atoms. The van der Waals surface area contributed by atoms with E-state index in [4.69, 9.17) is 23.7 Å². The monoisotopic (exact) mass is 713 g/mol. The molecule has 0 aromatic carbocycles. The lowest BCUT2D eigenvalue weighted by atomic mass is 9.71. The van der Waals surface area contributed by atoms with E-state index in [9.17, 15) is 45.6 Å². The first-order valence-corrected chi connectivity index (χ1v) is 18.0. The van der Waals surface area contributed by atoms with Crippen LogP contribution in [0.25, 0.3) is 5.32 Å². The van der Waals surface area contributed by atoms with Crippen molar-refractivity contribution in [2.24, 2.45) is 22.7 Å². The molecule has 2 saturated heterocycles. The summed E-state index contributed by atoms with van der Waals surface area (Å²) in [4.78, 5) is 16.1. The lowest BCUT2D eigenvalue weighted by molar-refractivity contribution is -0.387. The molecule has 8 N–H and O–H groups in total. The fraction of sp³-hybridized carbons (Fsp3) is 0.882. The average molecular weight is 714 g/mol. The number of rotatable bonds is 11. The molecule has 5 fully saturated rings. The van der Waals surface area contributed by atoms with Gasteiger partial charge in [0.05, 0.1) is 43.0 Å². The van der Waals surface area contributed by atoms with Crippen molar-refractivity contribution >= 4 is 12.2 Å². The van der Waals surface area contributed by atoms with Gasteiger partial charge < -0.3 is 69.3 Å². The molecule has 0 aromatic rings. The molecule has 14 unspecified atom stereocenters. The van der Waals surface area contributed by atoms with E-state index in [2.05, 4.69) is 10.3 Å². The number of carboxylic acids is 1. The molecule has 16 heteroatoms. The van der Waals surface area contributed by atoms with Crippen LogP contribution in [0.4, 0.5) is 0 Å². The summed E-state index contributed by atoms with van der Waals surface area (Å²) >= 11 is 0. The minimum atomic E-state index is -2.56. The highest BCUT2D eigenvalue weighted by molar-refractivity contribution is 5.82. The number of carboxylic acid groups (broad SMARTS) is 1. The number of hydrogen-bond acceptors (Lipinski definition) is 14. The molecule has 16 nitrogen and oxygen atoms in total. The van der Waals surface area contributed by atoms with Crippen LogP contribution in [0, 0.1) is 30.5 Å². The normalized spacial score (nSPS) is 48.2. The number of ether oxygens (including phenoxy) is 5. The summed E-state index contributed by atoms with van der Waals surface area (Å²) in [5.41, 5.74) is -2.56. The zero-order valence-electron chi connectivity index (χ0n) is 28.4. The highest BCUT2D eigenvalue weighted by Gasteiger charge is 2.62. The van der Waals surface area contributed by atoms with Crippen LogP contribution in [0.3, 0.4) is 0 Å². The van der Waals surface area contributed by atoms with E-state index in [1.165, 1.54) is 12.9 Å². The summed E-state index contributed by atoms with van der Waals surface area (Å²) in [7, 11) is 1.70. The Hall–Kier alpha value is -1.64. The van der Waals surface area contributed by atoms with E-state index in [1.807, 2.05) is 0 Å². The number of methoxy groups -OCH3 is 1. The standard InChI is InChI=1S/C34H52N2O14/c1-46-20-6-4-18(5-7-20)22-11-21(38)25-23(47-22)12-24(28(26(25)39)50-33(44)9-2-3-17(13-33)8-10-37)48-32-27(40)29(41)34(45,30(49-32)31(42)43)14-19-15-35-16-36-19/h15-18,20-30,32,37-41,44-45H,2-14H2,1H3/p+1. The molecule has 3 saturated carbocycles. The summed E-state index contributed by atoms with van der Waals surface area (Å²) in [5.74, 6) is -4.17. The van der Waals surface area contributed by atoms with Crippen LogP contribution in [0.1, 0.15) is 77.0 Å². The number of aliphatic imine (C=N–C) groups is 1. The molecule has 0 spiro atoms. The van der Waals surface area contributed by atoms with Crippen LogP contribution in [0.2, 0.25) is 0 Å². The Labute approximate surface area is 291 Å². The zero-order valence-corrected chi connectivity index (χ0v) is 28.4. The summed E-state index contributed by atoms with van der Waals surface area (Å²) in [6, 6.07) is 0.144. The van der Waals surface area contributed by atoms with Crippen LogP contribution in [-0.2, 0) is 23.7 Å². The number of aliphatic hydroxyl groups is 9. The Morgan fingerprint density at radius 1 is 1.12 bits per heavy atom. The van der Waals surface area contributed by atoms with Crippen LogP contribution < -0.4 is 5.11 Å². The van der Waals surface area contributed by atoms with Crippen molar-refractivity contribution in [1.29, 1.82) is 0 Å². The average Bonchev–Trinajstić information content (AvgIpc) is 3.59. The second-order valence-corrected chi connectivity index (χ2v) is 15.2. The molecular weight excluding hydrogens is 660 g/mol. The van der Waals surface area contributed by atoms with Crippen LogP contribution >= 0.6 is 0 Å². The van der Waals surface area contributed by atoms with Crippen molar-refractivity contribution in [2.75, 3.05) is 13.7 Å². The summed E-state index contributed by atoms with van der Waals surface area (Å²) < 4.78 is 28.8. The summed E-state index contributed by atoms with van der Waals surface area (Å²) in [6.45, 7) is 1.12. The Morgan fingerprint density at radius 2 is 1.88 bits per heavy atom. The minimum Gasteiger partial charge on any atom is -0.547 e. The predicted molar refractivity (Wildman–Crippen MR) is 170 cm³/mol. The molecule has 3 aliphatic heterocycles.